The summed E-state index contributed by atoms with van der Waals surface area (Å²) in [7, 11) is 0. The van der Waals surface area contributed by atoms with Gasteiger partial charge >= 0.3 is 0 Å². The zero-order valence-electron chi connectivity index (χ0n) is 12.2. The van der Waals surface area contributed by atoms with Gasteiger partial charge in [-0.3, -0.25) is 14.2 Å². The number of amides is 1. The number of carbonyl (C=O) groups is 1. The Labute approximate surface area is 118 Å². The fourth-order valence-corrected chi connectivity index (χ4v) is 2.17. The van der Waals surface area contributed by atoms with E-state index in [2.05, 4.69) is 15.5 Å². The van der Waals surface area contributed by atoms with Crippen LogP contribution in [-0.2, 0) is 17.9 Å². The summed E-state index contributed by atoms with van der Waals surface area (Å²) >= 11 is 0. The summed E-state index contributed by atoms with van der Waals surface area (Å²) in [5.41, 5.74) is 2.13. The fourth-order valence-electron chi connectivity index (χ4n) is 2.17. The van der Waals surface area contributed by atoms with Gasteiger partial charge in [0.25, 0.3) is 0 Å². The predicted molar refractivity (Wildman–Crippen MR) is 76.0 cm³/mol. The highest BCUT2D eigenvalue weighted by molar-refractivity contribution is 5.76. The molecule has 2 aromatic rings. The molecule has 1 N–H and O–H groups in total. The van der Waals surface area contributed by atoms with Crippen LogP contribution < -0.4 is 5.32 Å². The van der Waals surface area contributed by atoms with Crippen molar-refractivity contribution < 1.29 is 4.79 Å². The second kappa shape index (κ2) is 6.36. The van der Waals surface area contributed by atoms with Gasteiger partial charge in [-0.05, 0) is 32.4 Å². The van der Waals surface area contributed by atoms with Gasteiger partial charge in [-0.25, -0.2) is 0 Å². The number of nitrogens with zero attached hydrogens (tertiary/aromatic N) is 4. The van der Waals surface area contributed by atoms with Crippen LogP contribution in [0.3, 0.4) is 0 Å². The van der Waals surface area contributed by atoms with Crippen LogP contribution in [0.15, 0.2) is 24.7 Å². The number of carbonyl (C=O) groups excluding carboxylic acids is 1. The van der Waals surface area contributed by atoms with Crippen LogP contribution in [-0.4, -0.2) is 25.5 Å². The highest BCUT2D eigenvalue weighted by atomic mass is 16.1. The normalized spacial score (nSPS) is 12.3. The van der Waals surface area contributed by atoms with Gasteiger partial charge in [-0.15, -0.1) is 0 Å². The summed E-state index contributed by atoms with van der Waals surface area (Å²) in [4.78, 5) is 11.9. The van der Waals surface area contributed by atoms with Crippen LogP contribution in [0.5, 0.6) is 0 Å². The molecule has 0 aliphatic carbocycles. The molecule has 2 heterocycles. The molecule has 1 atom stereocenters. The van der Waals surface area contributed by atoms with Gasteiger partial charge in [-0.1, -0.05) is 0 Å². The van der Waals surface area contributed by atoms with Crippen molar-refractivity contribution in [2.45, 2.75) is 46.3 Å². The van der Waals surface area contributed by atoms with Crippen molar-refractivity contribution in [2.24, 2.45) is 0 Å². The first-order valence-corrected chi connectivity index (χ1v) is 6.90. The molecule has 1 unspecified atom stereocenters. The zero-order valence-corrected chi connectivity index (χ0v) is 12.2. The van der Waals surface area contributed by atoms with Gasteiger partial charge < -0.3 is 5.32 Å². The molecule has 0 saturated carbocycles. The summed E-state index contributed by atoms with van der Waals surface area (Å²) in [6.45, 7) is 7.39. The highest BCUT2D eigenvalue weighted by Crippen LogP contribution is 2.11. The van der Waals surface area contributed by atoms with Crippen LogP contribution >= 0.6 is 0 Å². The van der Waals surface area contributed by atoms with Crippen LogP contribution in [0.1, 0.15) is 37.6 Å². The Kier molecular flexibility index (Phi) is 4.55. The molecule has 0 fully saturated rings. The standard InChI is InChI=1S/C14H21N5O/c1-4-19-13(5-7-15-19)12(3)17-14(20)6-8-18-10-11(2)9-16-18/h5,7,9-10,12H,4,6,8H2,1-3H3,(H,17,20). The van der Waals surface area contributed by atoms with Gasteiger partial charge in [0.15, 0.2) is 0 Å². The first-order valence-electron chi connectivity index (χ1n) is 6.90. The van der Waals surface area contributed by atoms with Gasteiger partial charge in [-0.2, -0.15) is 10.2 Å². The summed E-state index contributed by atoms with van der Waals surface area (Å²) in [5.74, 6) is 0.0227. The number of rotatable bonds is 6. The minimum atomic E-state index is -0.0377. The van der Waals surface area contributed by atoms with Crippen molar-refractivity contribution in [2.75, 3.05) is 0 Å². The Hall–Kier alpha value is -2.11. The summed E-state index contributed by atoms with van der Waals surface area (Å²) in [6.07, 6.45) is 5.91. The molecular weight excluding hydrogens is 254 g/mol. The molecule has 2 rings (SSSR count). The van der Waals surface area contributed by atoms with Crippen molar-refractivity contribution in [1.82, 2.24) is 24.9 Å². The monoisotopic (exact) mass is 275 g/mol. The predicted octanol–water partition coefficient (Wildman–Crippen LogP) is 1.68. The molecule has 0 bridgehead atoms. The second-order valence-corrected chi connectivity index (χ2v) is 4.89. The molecule has 108 valence electrons. The number of nitrogens with one attached hydrogen (secondary N) is 1. The van der Waals surface area contributed by atoms with Crippen molar-refractivity contribution >= 4 is 5.91 Å². The van der Waals surface area contributed by atoms with E-state index in [0.717, 1.165) is 17.8 Å². The Morgan fingerprint density at radius 1 is 1.45 bits per heavy atom. The number of hydrogen-bond donors (Lipinski definition) is 1. The lowest BCUT2D eigenvalue weighted by atomic mass is 10.2. The molecule has 0 saturated heterocycles. The molecule has 20 heavy (non-hydrogen) atoms. The molecule has 0 aromatic carbocycles. The number of hydrogen-bond acceptors (Lipinski definition) is 3. The van der Waals surface area contributed by atoms with E-state index in [1.54, 1.807) is 17.1 Å². The van der Waals surface area contributed by atoms with E-state index in [4.69, 9.17) is 0 Å². The lowest BCUT2D eigenvalue weighted by Gasteiger charge is -2.15. The molecule has 1 amide bonds. The third kappa shape index (κ3) is 3.46. The van der Waals surface area contributed by atoms with Crippen molar-refractivity contribution in [3.05, 3.63) is 35.9 Å². The van der Waals surface area contributed by atoms with Gasteiger partial charge in [0.2, 0.25) is 5.91 Å². The number of aryl methyl sites for hydroxylation is 3. The Morgan fingerprint density at radius 2 is 2.25 bits per heavy atom. The zero-order chi connectivity index (χ0) is 14.5. The molecule has 0 radical (unpaired) electrons. The van der Waals surface area contributed by atoms with E-state index in [9.17, 15) is 4.79 Å². The highest BCUT2D eigenvalue weighted by Gasteiger charge is 2.13. The Balaban J connectivity index is 1.85. The molecule has 6 nitrogen and oxygen atoms in total. The quantitative estimate of drug-likeness (QED) is 0.872. The largest absolute Gasteiger partial charge is 0.348 e. The van der Waals surface area contributed by atoms with E-state index in [1.165, 1.54) is 0 Å². The summed E-state index contributed by atoms with van der Waals surface area (Å²) in [5, 5.41) is 11.4. The first kappa shape index (κ1) is 14.3. The van der Waals surface area contributed by atoms with Crippen molar-refractivity contribution in [1.29, 1.82) is 0 Å². The lowest BCUT2D eigenvalue weighted by Crippen LogP contribution is -2.29. The van der Waals surface area contributed by atoms with E-state index in [-0.39, 0.29) is 11.9 Å². The molecule has 6 heteroatoms. The minimum absolute atomic E-state index is 0.0227. The van der Waals surface area contributed by atoms with Gasteiger partial charge in [0.05, 0.1) is 17.9 Å². The topological polar surface area (TPSA) is 64.7 Å². The maximum Gasteiger partial charge on any atom is 0.222 e. The van der Waals surface area contributed by atoms with Crippen molar-refractivity contribution in [3.63, 3.8) is 0 Å². The smallest absolute Gasteiger partial charge is 0.222 e. The summed E-state index contributed by atoms with van der Waals surface area (Å²) < 4.78 is 3.68. The Bertz CT molecular complexity index is 572. The maximum atomic E-state index is 11.9. The van der Waals surface area contributed by atoms with Crippen LogP contribution in [0.25, 0.3) is 0 Å². The second-order valence-electron chi connectivity index (χ2n) is 4.89. The minimum Gasteiger partial charge on any atom is -0.348 e. The van der Waals surface area contributed by atoms with Gasteiger partial charge in [0, 0.05) is 31.9 Å². The SMILES string of the molecule is CCn1nccc1C(C)NC(=O)CCn1cc(C)cn1. The number of aromatic nitrogens is 4. The first-order chi connectivity index (χ1) is 9.60. The lowest BCUT2D eigenvalue weighted by molar-refractivity contribution is -0.122. The van der Waals surface area contributed by atoms with Crippen LogP contribution in [0.4, 0.5) is 0 Å². The third-order valence-corrected chi connectivity index (χ3v) is 3.20. The van der Waals surface area contributed by atoms with E-state index in [1.807, 2.05) is 37.7 Å². The van der Waals surface area contributed by atoms with Crippen LogP contribution in [0, 0.1) is 6.92 Å². The van der Waals surface area contributed by atoms with E-state index in [0.29, 0.717) is 13.0 Å². The average molecular weight is 275 g/mol. The van der Waals surface area contributed by atoms with Crippen LogP contribution in [0.2, 0.25) is 0 Å². The molecule has 0 spiro atoms. The van der Waals surface area contributed by atoms with E-state index < -0.39 is 0 Å². The molecular formula is C14H21N5O. The third-order valence-electron chi connectivity index (χ3n) is 3.20. The Morgan fingerprint density at radius 3 is 2.90 bits per heavy atom. The molecule has 0 aliphatic heterocycles. The average Bonchev–Trinajstić information content (AvgIpc) is 3.04. The maximum absolute atomic E-state index is 11.9. The van der Waals surface area contributed by atoms with Crippen molar-refractivity contribution in [3.8, 4) is 0 Å². The van der Waals surface area contributed by atoms with E-state index >= 15 is 0 Å². The molecule has 0 aliphatic rings. The fraction of sp³-hybridized carbons (Fsp3) is 0.500. The summed E-state index contributed by atoms with van der Waals surface area (Å²) in [6, 6.07) is 1.90. The van der Waals surface area contributed by atoms with Gasteiger partial charge in [0.1, 0.15) is 0 Å². The molecule has 2 aromatic heterocycles.